The normalized spacial score (nSPS) is 12.5. The molecule has 2 aromatic carbocycles. The lowest BCUT2D eigenvalue weighted by atomic mass is 10.1. The number of ether oxygens (including phenoxy) is 1. The van der Waals surface area contributed by atoms with E-state index in [9.17, 15) is 31.2 Å². The van der Waals surface area contributed by atoms with E-state index < -0.39 is 45.7 Å². The lowest BCUT2D eigenvalue weighted by Crippen LogP contribution is -2.42. The lowest BCUT2D eigenvalue weighted by molar-refractivity contribution is -0.119. The molecule has 0 aliphatic rings. The predicted molar refractivity (Wildman–Crippen MR) is 101 cm³/mol. The molecule has 0 radical (unpaired) electrons. The largest absolute Gasteiger partial charge is 0.496 e. The van der Waals surface area contributed by atoms with E-state index in [-0.39, 0.29) is 21.9 Å². The highest BCUT2D eigenvalue weighted by Gasteiger charge is 2.24. The van der Waals surface area contributed by atoms with Gasteiger partial charge in [0.15, 0.2) is 0 Å². The monoisotopic (exact) mass is 445 g/mol. The summed E-state index contributed by atoms with van der Waals surface area (Å²) in [4.78, 5) is 23.4. The number of alkyl halides is 2. The van der Waals surface area contributed by atoms with E-state index in [1.54, 1.807) is 0 Å². The first kappa shape index (κ1) is 23.2. The van der Waals surface area contributed by atoms with Gasteiger partial charge in [-0.2, -0.15) is 4.72 Å². The standard InChI is InChI=1S/C18H18F3N3O5S/c1-9(17(22)25)24-30(27,28)11-4-6-15(29-2)13(8-11)18(26)23-10-3-5-14(19)12(7-10)16(20)21/h3-9,16,24H,1-2H3,(H2,22,25)(H,23,26)/t9-/m0/s1. The first-order chi connectivity index (χ1) is 14.0. The fraction of sp³-hybridized carbons (Fsp3) is 0.222. The summed E-state index contributed by atoms with van der Waals surface area (Å²) in [6.07, 6.45) is -3.09. The van der Waals surface area contributed by atoms with Crippen LogP contribution in [-0.4, -0.2) is 33.4 Å². The van der Waals surface area contributed by atoms with Crippen molar-refractivity contribution in [3.8, 4) is 5.75 Å². The molecule has 30 heavy (non-hydrogen) atoms. The van der Waals surface area contributed by atoms with Crippen LogP contribution in [-0.2, 0) is 14.8 Å². The number of benzene rings is 2. The second-order valence-corrected chi connectivity index (χ2v) is 7.81. The molecule has 1 atom stereocenters. The van der Waals surface area contributed by atoms with Crippen molar-refractivity contribution >= 4 is 27.5 Å². The molecule has 0 spiro atoms. The van der Waals surface area contributed by atoms with Gasteiger partial charge in [-0.1, -0.05) is 0 Å². The van der Waals surface area contributed by atoms with Crippen molar-refractivity contribution in [2.24, 2.45) is 5.73 Å². The number of amides is 2. The summed E-state index contributed by atoms with van der Waals surface area (Å²) in [5.41, 5.74) is 3.77. The van der Waals surface area contributed by atoms with Crippen LogP contribution < -0.4 is 20.5 Å². The van der Waals surface area contributed by atoms with Crippen molar-refractivity contribution < 1.29 is 35.9 Å². The van der Waals surface area contributed by atoms with Crippen LogP contribution in [0, 0.1) is 5.82 Å². The van der Waals surface area contributed by atoms with Gasteiger partial charge in [-0.3, -0.25) is 9.59 Å². The van der Waals surface area contributed by atoms with Crippen molar-refractivity contribution in [3.05, 3.63) is 53.3 Å². The molecule has 4 N–H and O–H groups in total. The van der Waals surface area contributed by atoms with Crippen LogP contribution >= 0.6 is 0 Å². The van der Waals surface area contributed by atoms with E-state index in [4.69, 9.17) is 10.5 Å². The minimum Gasteiger partial charge on any atom is -0.496 e. The molecule has 8 nitrogen and oxygen atoms in total. The van der Waals surface area contributed by atoms with Gasteiger partial charge in [-0.15, -0.1) is 0 Å². The zero-order valence-electron chi connectivity index (χ0n) is 15.8. The Kier molecular flexibility index (Phi) is 7.05. The maximum Gasteiger partial charge on any atom is 0.266 e. The third kappa shape index (κ3) is 5.27. The van der Waals surface area contributed by atoms with E-state index in [0.717, 1.165) is 30.3 Å². The zero-order chi connectivity index (χ0) is 22.6. The number of carbonyl (C=O) groups excluding carboxylic acids is 2. The lowest BCUT2D eigenvalue weighted by Gasteiger charge is -2.14. The Hall–Kier alpha value is -3.12. The molecule has 162 valence electrons. The Balaban J connectivity index is 2.39. The topological polar surface area (TPSA) is 128 Å². The molecule has 0 aliphatic heterocycles. The Labute approximate surface area is 170 Å². The fourth-order valence-electron chi connectivity index (χ4n) is 2.38. The van der Waals surface area contributed by atoms with Crippen molar-refractivity contribution in [1.29, 1.82) is 0 Å². The van der Waals surface area contributed by atoms with Crippen molar-refractivity contribution in [2.75, 3.05) is 12.4 Å². The zero-order valence-corrected chi connectivity index (χ0v) is 16.6. The molecular formula is C18H18F3N3O5S. The van der Waals surface area contributed by atoms with Gasteiger partial charge in [0.05, 0.1) is 29.2 Å². The summed E-state index contributed by atoms with van der Waals surface area (Å²) in [6, 6.07) is 4.71. The molecule has 0 saturated carbocycles. The van der Waals surface area contributed by atoms with Gasteiger partial charge < -0.3 is 15.8 Å². The van der Waals surface area contributed by atoms with Gasteiger partial charge in [-0.25, -0.2) is 21.6 Å². The average Bonchev–Trinajstić information content (AvgIpc) is 2.68. The van der Waals surface area contributed by atoms with Gasteiger partial charge in [0.2, 0.25) is 15.9 Å². The molecule has 2 amide bonds. The Bertz CT molecular complexity index is 1080. The van der Waals surface area contributed by atoms with Crippen LogP contribution in [0.5, 0.6) is 5.75 Å². The molecule has 0 aromatic heterocycles. The van der Waals surface area contributed by atoms with Crippen molar-refractivity contribution in [3.63, 3.8) is 0 Å². The Morgan fingerprint density at radius 1 is 1.13 bits per heavy atom. The Morgan fingerprint density at radius 3 is 2.37 bits per heavy atom. The SMILES string of the molecule is COc1ccc(S(=O)(=O)N[C@@H](C)C(N)=O)cc1C(=O)Nc1ccc(F)c(C(F)F)c1. The number of hydrogen-bond donors (Lipinski definition) is 3. The van der Waals surface area contributed by atoms with Crippen molar-refractivity contribution in [2.45, 2.75) is 24.3 Å². The molecular weight excluding hydrogens is 427 g/mol. The number of sulfonamides is 1. The predicted octanol–water partition coefficient (Wildman–Crippen LogP) is 2.18. The van der Waals surface area contributed by atoms with Crippen LogP contribution in [0.25, 0.3) is 0 Å². The summed E-state index contributed by atoms with van der Waals surface area (Å²) in [5, 5.41) is 2.28. The second kappa shape index (κ2) is 9.13. The van der Waals surface area contributed by atoms with Crippen LogP contribution in [0.15, 0.2) is 41.3 Å². The third-order valence-corrected chi connectivity index (χ3v) is 5.51. The molecule has 0 heterocycles. The molecule has 0 bridgehead atoms. The highest BCUT2D eigenvalue weighted by atomic mass is 32.2. The maximum absolute atomic E-state index is 13.4. The first-order valence-corrected chi connectivity index (χ1v) is 9.83. The minimum atomic E-state index is -4.22. The number of carbonyl (C=O) groups is 2. The van der Waals surface area contributed by atoms with E-state index in [0.29, 0.717) is 0 Å². The highest BCUT2D eigenvalue weighted by molar-refractivity contribution is 7.89. The smallest absolute Gasteiger partial charge is 0.266 e. The number of hydrogen-bond acceptors (Lipinski definition) is 5. The van der Waals surface area contributed by atoms with E-state index in [1.807, 2.05) is 0 Å². The molecule has 0 saturated heterocycles. The molecule has 0 unspecified atom stereocenters. The number of halogens is 3. The molecule has 2 aromatic rings. The van der Waals surface area contributed by atoms with Gasteiger partial charge in [-0.05, 0) is 43.3 Å². The third-order valence-electron chi connectivity index (χ3n) is 3.97. The van der Waals surface area contributed by atoms with Gasteiger partial charge in [0.1, 0.15) is 11.6 Å². The number of nitrogens with one attached hydrogen (secondary N) is 2. The quantitative estimate of drug-likeness (QED) is 0.574. The Morgan fingerprint density at radius 2 is 1.80 bits per heavy atom. The number of rotatable bonds is 8. The minimum absolute atomic E-state index is 0.00871. The molecule has 0 fully saturated rings. The fourth-order valence-corrected chi connectivity index (χ4v) is 3.62. The summed E-state index contributed by atoms with van der Waals surface area (Å²) in [7, 11) is -2.98. The molecule has 12 heteroatoms. The summed E-state index contributed by atoms with van der Waals surface area (Å²) >= 11 is 0. The molecule has 0 aliphatic carbocycles. The van der Waals surface area contributed by atoms with Crippen LogP contribution in [0.4, 0.5) is 18.9 Å². The number of anilines is 1. The number of primary amides is 1. The van der Waals surface area contributed by atoms with Crippen LogP contribution in [0.3, 0.4) is 0 Å². The number of methoxy groups -OCH3 is 1. The number of nitrogens with two attached hydrogens (primary N) is 1. The maximum atomic E-state index is 13.4. The van der Waals surface area contributed by atoms with Gasteiger partial charge in [0, 0.05) is 5.69 Å². The van der Waals surface area contributed by atoms with Crippen molar-refractivity contribution in [1.82, 2.24) is 4.72 Å². The van der Waals surface area contributed by atoms with Gasteiger partial charge >= 0.3 is 0 Å². The summed E-state index contributed by atoms with van der Waals surface area (Å²) in [6.45, 7) is 1.24. The summed E-state index contributed by atoms with van der Waals surface area (Å²) < 4.78 is 71.1. The first-order valence-electron chi connectivity index (χ1n) is 8.35. The average molecular weight is 445 g/mol. The van der Waals surface area contributed by atoms with Crippen LogP contribution in [0.2, 0.25) is 0 Å². The van der Waals surface area contributed by atoms with E-state index in [1.165, 1.54) is 20.1 Å². The second-order valence-electron chi connectivity index (χ2n) is 6.10. The van der Waals surface area contributed by atoms with Gasteiger partial charge in [0.25, 0.3) is 12.3 Å². The van der Waals surface area contributed by atoms with E-state index >= 15 is 0 Å². The summed E-state index contributed by atoms with van der Waals surface area (Å²) in [5.74, 6) is -2.94. The van der Waals surface area contributed by atoms with E-state index in [2.05, 4.69) is 10.0 Å². The highest BCUT2D eigenvalue weighted by Crippen LogP contribution is 2.27. The van der Waals surface area contributed by atoms with Crippen LogP contribution in [0.1, 0.15) is 29.3 Å². The molecule has 2 rings (SSSR count).